The van der Waals surface area contributed by atoms with Crippen LogP contribution in [0, 0.1) is 18.8 Å². The number of aromatic nitrogens is 1. The van der Waals surface area contributed by atoms with Crippen molar-refractivity contribution in [2.45, 2.75) is 0 Å². The Bertz CT molecular complexity index is 699. The third kappa shape index (κ3) is 3.15. The number of carbonyl (C=O) groups is 1. The number of aromatic carboxylic acids is 1. The number of benzene rings is 1. The normalized spacial score (nSPS) is 9.58. The average molecular weight is 506 g/mol. The van der Waals surface area contributed by atoms with Crippen LogP contribution in [0.1, 0.15) is 15.9 Å². The van der Waals surface area contributed by atoms with Gasteiger partial charge in [-0.05, 0) is 7.05 Å². The Labute approximate surface area is 148 Å². The Kier molecular flexibility index (Phi) is 6.60. The summed E-state index contributed by atoms with van der Waals surface area (Å²) in [7, 11) is 1.53. The summed E-state index contributed by atoms with van der Waals surface area (Å²) in [5, 5.41) is 8.96. The van der Waals surface area contributed by atoms with E-state index in [-0.39, 0.29) is 75.8 Å². The summed E-state index contributed by atoms with van der Waals surface area (Å²) < 4.78 is 14.6. The fraction of sp³-hybridized carbons (Fsp3) is 0.0833. The van der Waals surface area contributed by atoms with Crippen LogP contribution < -0.4 is 5.43 Å². The van der Waals surface area contributed by atoms with E-state index in [0.29, 0.717) is 0 Å². The van der Waals surface area contributed by atoms with E-state index in [2.05, 4.69) is 13.0 Å². The van der Waals surface area contributed by atoms with Crippen LogP contribution in [0.4, 0.5) is 4.39 Å². The van der Waals surface area contributed by atoms with Crippen molar-refractivity contribution in [1.29, 1.82) is 0 Å². The number of halogens is 1. The van der Waals surface area contributed by atoms with Gasteiger partial charge in [0.15, 0.2) is 0 Å². The maximum absolute atomic E-state index is 13.3. The summed E-state index contributed by atoms with van der Waals surface area (Å²) in [5.74, 6) is -1.97. The van der Waals surface area contributed by atoms with Crippen LogP contribution in [0.5, 0.6) is 0 Å². The number of carboxylic acids is 1. The van der Waals surface area contributed by atoms with Crippen LogP contribution in [-0.2, 0) is 60.8 Å². The van der Waals surface area contributed by atoms with E-state index < -0.39 is 17.2 Å². The molecule has 0 unspecified atom stereocenters. The molecule has 2 rings (SSSR count). The summed E-state index contributed by atoms with van der Waals surface area (Å²) >= 11 is 0. The van der Waals surface area contributed by atoms with Crippen LogP contribution in [0.2, 0.25) is 0 Å². The molecular formula is C12H8FNO3WY-2. The van der Waals surface area contributed by atoms with Gasteiger partial charge in [0.25, 0.3) is 0 Å². The van der Waals surface area contributed by atoms with Gasteiger partial charge in [-0.15, -0.1) is 5.39 Å². The van der Waals surface area contributed by atoms with Crippen molar-refractivity contribution < 1.29 is 68.1 Å². The molecule has 0 aliphatic carbocycles. The second kappa shape index (κ2) is 6.78. The SMILES string of the molecule is [CH2-]c1c(F)[c-]cc2c(=O)c(C(=O)O)cn(C)c12.[W].[Y]. The molecule has 4 nitrogen and oxygen atoms in total. The number of hydrogen-bond donors (Lipinski definition) is 1. The first-order chi connectivity index (χ1) is 7.93. The predicted molar refractivity (Wildman–Crippen MR) is 59.4 cm³/mol. The van der Waals surface area contributed by atoms with Gasteiger partial charge in [-0.1, -0.05) is 5.82 Å². The zero-order valence-electron chi connectivity index (χ0n) is 9.94. The average Bonchev–Trinajstić information content (AvgIpc) is 2.26. The number of hydrogen-bond acceptors (Lipinski definition) is 2. The first-order valence-electron chi connectivity index (χ1n) is 4.72. The Hall–Kier alpha value is -0.508. The van der Waals surface area contributed by atoms with Crippen LogP contribution in [0.25, 0.3) is 10.9 Å². The summed E-state index contributed by atoms with van der Waals surface area (Å²) in [6, 6.07) is 3.39. The Morgan fingerprint density at radius 1 is 1.53 bits per heavy atom. The van der Waals surface area contributed by atoms with Crippen LogP contribution in [0.15, 0.2) is 17.1 Å². The van der Waals surface area contributed by atoms with Crippen LogP contribution >= 0.6 is 0 Å². The molecule has 0 spiro atoms. The van der Waals surface area contributed by atoms with Crippen LogP contribution in [-0.4, -0.2) is 15.6 Å². The third-order valence-corrected chi connectivity index (χ3v) is 2.54. The molecule has 19 heavy (non-hydrogen) atoms. The van der Waals surface area contributed by atoms with Gasteiger partial charge in [-0.25, -0.2) is 16.4 Å². The monoisotopic (exact) mass is 506 g/mol. The number of nitrogens with zero attached hydrogens (tertiary/aromatic N) is 1. The maximum Gasteiger partial charge on any atom is 0.339 e. The van der Waals surface area contributed by atoms with Crippen LogP contribution in [0.3, 0.4) is 0 Å². The molecule has 2 aromatic rings. The van der Waals surface area contributed by atoms with Gasteiger partial charge in [0.1, 0.15) is 11.0 Å². The number of carboxylic acid groups (broad SMARTS) is 1. The molecular weight excluding hydrogens is 498 g/mol. The summed E-state index contributed by atoms with van der Waals surface area (Å²) in [4.78, 5) is 22.7. The second-order valence-corrected chi connectivity index (χ2v) is 3.63. The second-order valence-electron chi connectivity index (χ2n) is 3.63. The molecule has 0 saturated heterocycles. The Balaban J connectivity index is 0.00000162. The van der Waals surface area contributed by atoms with E-state index in [9.17, 15) is 14.0 Å². The first kappa shape index (κ1) is 18.5. The zero-order valence-corrected chi connectivity index (χ0v) is 15.7. The van der Waals surface area contributed by atoms with Crippen molar-refractivity contribution in [3.8, 4) is 0 Å². The van der Waals surface area contributed by atoms with Crippen molar-refractivity contribution in [2.75, 3.05) is 0 Å². The molecule has 0 atom stereocenters. The predicted octanol–water partition coefficient (Wildman–Crippen LogP) is 1.35. The summed E-state index contributed by atoms with van der Waals surface area (Å²) in [6.45, 7) is 3.51. The fourth-order valence-corrected chi connectivity index (χ4v) is 1.75. The van der Waals surface area contributed by atoms with Gasteiger partial charge in [-0.2, -0.15) is 11.6 Å². The Morgan fingerprint density at radius 3 is 2.63 bits per heavy atom. The number of aryl methyl sites for hydroxylation is 1. The summed E-state index contributed by atoms with van der Waals surface area (Å²) in [6.07, 6.45) is 1.15. The minimum atomic E-state index is -1.32. The molecule has 0 amide bonds. The number of fused-ring (bicyclic) bond motifs is 1. The van der Waals surface area contributed by atoms with Crippen molar-refractivity contribution >= 4 is 16.9 Å². The van der Waals surface area contributed by atoms with E-state index in [1.54, 1.807) is 0 Å². The molecule has 0 fully saturated rings. The quantitative estimate of drug-likeness (QED) is 0.595. The van der Waals surface area contributed by atoms with Gasteiger partial charge >= 0.3 is 5.97 Å². The fourth-order valence-electron chi connectivity index (χ4n) is 1.75. The van der Waals surface area contributed by atoms with Crippen molar-refractivity contribution in [1.82, 2.24) is 4.57 Å². The molecule has 0 aliphatic rings. The van der Waals surface area contributed by atoms with Gasteiger partial charge in [0.2, 0.25) is 0 Å². The van der Waals surface area contributed by atoms with Gasteiger partial charge in [0.05, 0.1) is 0 Å². The van der Waals surface area contributed by atoms with E-state index >= 15 is 0 Å². The smallest absolute Gasteiger partial charge is 0.339 e. The van der Waals surface area contributed by atoms with Crippen molar-refractivity contribution in [2.24, 2.45) is 7.05 Å². The number of pyridine rings is 1. The standard InChI is InChI=1S/C12H8FNO3.W.Y/c1-6-9(13)4-3-7-10(6)14(2)5-8(11(7)15)12(16)17;;/h3,5H,1H2,2H3,(H,16,17);;/q-2;;. The maximum atomic E-state index is 13.3. The topological polar surface area (TPSA) is 59.3 Å². The van der Waals surface area contributed by atoms with E-state index in [1.165, 1.54) is 11.6 Å². The largest absolute Gasteiger partial charge is 0.478 e. The van der Waals surface area contributed by atoms with Gasteiger partial charge in [0, 0.05) is 60.0 Å². The Morgan fingerprint density at radius 2 is 2.11 bits per heavy atom. The molecule has 1 radical (unpaired) electrons. The van der Waals surface area contributed by atoms with Crippen molar-refractivity contribution in [3.05, 3.63) is 52.4 Å². The summed E-state index contributed by atoms with van der Waals surface area (Å²) in [5.41, 5.74) is -0.721. The number of rotatable bonds is 1. The molecule has 0 saturated carbocycles. The van der Waals surface area contributed by atoms with Gasteiger partial charge < -0.3 is 18.9 Å². The molecule has 0 aliphatic heterocycles. The van der Waals surface area contributed by atoms with E-state index in [4.69, 9.17) is 5.11 Å². The van der Waals surface area contributed by atoms with E-state index in [0.717, 1.165) is 12.3 Å². The van der Waals surface area contributed by atoms with Gasteiger partial charge in [-0.3, -0.25) is 6.92 Å². The minimum Gasteiger partial charge on any atom is -0.478 e. The molecule has 97 valence electrons. The molecule has 1 aromatic heterocycles. The molecule has 1 heterocycles. The first-order valence-corrected chi connectivity index (χ1v) is 4.72. The van der Waals surface area contributed by atoms with E-state index in [1.807, 2.05) is 0 Å². The molecule has 0 bridgehead atoms. The molecule has 1 aromatic carbocycles. The minimum absolute atomic E-state index is 0. The molecule has 7 heteroatoms. The van der Waals surface area contributed by atoms with Crippen molar-refractivity contribution in [3.63, 3.8) is 0 Å². The zero-order chi connectivity index (χ0) is 12.7. The molecule has 1 N–H and O–H groups in total. The third-order valence-electron chi connectivity index (χ3n) is 2.54.